The number of rotatable bonds is 2. The van der Waals surface area contributed by atoms with Crippen molar-refractivity contribution in [2.75, 3.05) is 6.54 Å². The molecule has 0 spiro atoms. The summed E-state index contributed by atoms with van der Waals surface area (Å²) < 4.78 is 0. The van der Waals surface area contributed by atoms with E-state index in [1.54, 1.807) is 0 Å². The summed E-state index contributed by atoms with van der Waals surface area (Å²) in [5.41, 5.74) is 6.05. The van der Waals surface area contributed by atoms with E-state index in [9.17, 15) is 0 Å². The standard InChI is InChI=1S/C9H19N/c1-9(2,3)5-7-4-8(7)6-10/h7-8H,4-6,10H2,1-3H3/t7-,8-/m0/s1. The first-order chi connectivity index (χ1) is 4.53. The monoisotopic (exact) mass is 141 g/mol. The highest BCUT2D eigenvalue weighted by Crippen LogP contribution is 2.45. The van der Waals surface area contributed by atoms with Crippen LogP contribution in [-0.4, -0.2) is 6.54 Å². The SMILES string of the molecule is CC(C)(C)C[C@@H]1C[C@H]1CN. The molecule has 0 heterocycles. The zero-order valence-electron chi connectivity index (χ0n) is 7.35. The zero-order valence-corrected chi connectivity index (χ0v) is 7.35. The van der Waals surface area contributed by atoms with Crippen molar-refractivity contribution >= 4 is 0 Å². The molecule has 0 aliphatic heterocycles. The lowest BCUT2D eigenvalue weighted by Crippen LogP contribution is -2.09. The van der Waals surface area contributed by atoms with Crippen LogP contribution in [0.4, 0.5) is 0 Å². The Morgan fingerprint density at radius 3 is 2.20 bits per heavy atom. The summed E-state index contributed by atoms with van der Waals surface area (Å²) in [6.07, 6.45) is 2.74. The molecule has 60 valence electrons. The van der Waals surface area contributed by atoms with E-state index in [0.717, 1.165) is 18.4 Å². The van der Waals surface area contributed by atoms with Gasteiger partial charge in [0.15, 0.2) is 0 Å². The average Bonchev–Trinajstić information content (AvgIpc) is 2.42. The van der Waals surface area contributed by atoms with Gasteiger partial charge in [-0.3, -0.25) is 0 Å². The Labute approximate surface area is 64.0 Å². The third kappa shape index (κ3) is 2.30. The smallest absolute Gasteiger partial charge is 0.00461 e. The van der Waals surface area contributed by atoms with E-state index in [0.29, 0.717) is 5.41 Å². The largest absolute Gasteiger partial charge is 0.330 e. The molecular formula is C9H19N. The van der Waals surface area contributed by atoms with Crippen LogP contribution in [0, 0.1) is 17.3 Å². The Balaban J connectivity index is 2.18. The first-order valence-electron chi connectivity index (χ1n) is 4.23. The van der Waals surface area contributed by atoms with E-state index in [4.69, 9.17) is 5.73 Å². The van der Waals surface area contributed by atoms with E-state index >= 15 is 0 Å². The minimum atomic E-state index is 0.509. The average molecular weight is 141 g/mol. The summed E-state index contributed by atoms with van der Waals surface area (Å²) in [5, 5.41) is 0. The van der Waals surface area contributed by atoms with Crippen molar-refractivity contribution in [2.24, 2.45) is 23.0 Å². The molecule has 0 aromatic carbocycles. The van der Waals surface area contributed by atoms with Gasteiger partial charge in [0.1, 0.15) is 0 Å². The molecule has 0 amide bonds. The Morgan fingerprint density at radius 2 is 1.90 bits per heavy atom. The fourth-order valence-electron chi connectivity index (χ4n) is 1.64. The molecule has 2 N–H and O–H groups in total. The predicted molar refractivity (Wildman–Crippen MR) is 44.7 cm³/mol. The molecule has 0 aromatic rings. The predicted octanol–water partition coefficient (Wildman–Crippen LogP) is 2.02. The molecule has 0 saturated heterocycles. The van der Waals surface area contributed by atoms with Gasteiger partial charge >= 0.3 is 0 Å². The van der Waals surface area contributed by atoms with Crippen molar-refractivity contribution in [1.82, 2.24) is 0 Å². The molecule has 1 heteroatoms. The van der Waals surface area contributed by atoms with Crippen molar-refractivity contribution < 1.29 is 0 Å². The first-order valence-corrected chi connectivity index (χ1v) is 4.23. The van der Waals surface area contributed by atoms with Crippen LogP contribution in [0.25, 0.3) is 0 Å². The molecular weight excluding hydrogens is 122 g/mol. The molecule has 1 aliphatic rings. The van der Waals surface area contributed by atoms with E-state index in [-0.39, 0.29) is 0 Å². The van der Waals surface area contributed by atoms with Crippen molar-refractivity contribution in [1.29, 1.82) is 0 Å². The van der Waals surface area contributed by atoms with Gasteiger partial charge in [0.25, 0.3) is 0 Å². The minimum absolute atomic E-state index is 0.509. The van der Waals surface area contributed by atoms with Crippen molar-refractivity contribution in [3.63, 3.8) is 0 Å². The highest BCUT2D eigenvalue weighted by atomic mass is 14.6. The molecule has 1 aliphatic carbocycles. The lowest BCUT2D eigenvalue weighted by Gasteiger charge is -2.17. The van der Waals surface area contributed by atoms with E-state index < -0.39 is 0 Å². The second-order valence-corrected chi connectivity index (χ2v) is 4.76. The van der Waals surface area contributed by atoms with E-state index in [1.807, 2.05) is 0 Å². The molecule has 1 fully saturated rings. The lowest BCUT2D eigenvalue weighted by atomic mass is 9.89. The highest BCUT2D eigenvalue weighted by Gasteiger charge is 2.37. The van der Waals surface area contributed by atoms with Crippen molar-refractivity contribution in [2.45, 2.75) is 33.6 Å². The van der Waals surface area contributed by atoms with Crippen molar-refractivity contribution in [3.05, 3.63) is 0 Å². The molecule has 0 radical (unpaired) electrons. The molecule has 1 saturated carbocycles. The van der Waals surface area contributed by atoms with Gasteiger partial charge in [-0.1, -0.05) is 20.8 Å². The molecule has 10 heavy (non-hydrogen) atoms. The maximum Gasteiger partial charge on any atom is -0.00461 e. The zero-order chi connectivity index (χ0) is 7.78. The van der Waals surface area contributed by atoms with E-state index in [2.05, 4.69) is 20.8 Å². The van der Waals surface area contributed by atoms with Gasteiger partial charge in [0, 0.05) is 0 Å². The summed E-state index contributed by atoms with van der Waals surface area (Å²) in [7, 11) is 0. The van der Waals surface area contributed by atoms with Crippen LogP contribution in [0.1, 0.15) is 33.6 Å². The molecule has 2 atom stereocenters. The number of hydrogen-bond acceptors (Lipinski definition) is 1. The quantitative estimate of drug-likeness (QED) is 0.625. The van der Waals surface area contributed by atoms with Gasteiger partial charge in [-0.15, -0.1) is 0 Å². The van der Waals surface area contributed by atoms with Crippen molar-refractivity contribution in [3.8, 4) is 0 Å². The normalized spacial score (nSPS) is 32.4. The number of nitrogens with two attached hydrogens (primary N) is 1. The summed E-state index contributed by atoms with van der Waals surface area (Å²) >= 11 is 0. The van der Waals surface area contributed by atoms with E-state index in [1.165, 1.54) is 12.8 Å². The third-order valence-electron chi connectivity index (χ3n) is 2.25. The topological polar surface area (TPSA) is 26.0 Å². The second-order valence-electron chi connectivity index (χ2n) is 4.76. The fraction of sp³-hybridized carbons (Fsp3) is 1.00. The maximum atomic E-state index is 5.54. The molecule has 0 aromatic heterocycles. The molecule has 1 rings (SSSR count). The Morgan fingerprint density at radius 1 is 1.30 bits per heavy atom. The van der Waals surface area contributed by atoms with Gasteiger partial charge in [-0.25, -0.2) is 0 Å². The third-order valence-corrected chi connectivity index (χ3v) is 2.25. The minimum Gasteiger partial charge on any atom is -0.330 e. The van der Waals surface area contributed by atoms with Gasteiger partial charge in [0.2, 0.25) is 0 Å². The van der Waals surface area contributed by atoms with Crippen LogP contribution in [0.3, 0.4) is 0 Å². The van der Waals surface area contributed by atoms with Gasteiger partial charge in [-0.2, -0.15) is 0 Å². The van der Waals surface area contributed by atoms with Crippen LogP contribution in [0.5, 0.6) is 0 Å². The number of hydrogen-bond donors (Lipinski definition) is 1. The van der Waals surface area contributed by atoms with Gasteiger partial charge < -0.3 is 5.73 Å². The lowest BCUT2D eigenvalue weighted by molar-refractivity contribution is 0.345. The van der Waals surface area contributed by atoms with Crippen LogP contribution in [-0.2, 0) is 0 Å². The van der Waals surface area contributed by atoms with Crippen LogP contribution >= 0.6 is 0 Å². The fourth-order valence-corrected chi connectivity index (χ4v) is 1.64. The summed E-state index contributed by atoms with van der Waals surface area (Å²) in [5.74, 6) is 1.81. The Bertz CT molecular complexity index is 112. The summed E-state index contributed by atoms with van der Waals surface area (Å²) in [6.45, 7) is 7.82. The van der Waals surface area contributed by atoms with Crippen LogP contribution in [0.2, 0.25) is 0 Å². The first kappa shape index (κ1) is 8.06. The Kier molecular flexibility index (Phi) is 2.04. The Hall–Kier alpha value is -0.0400. The molecule has 0 unspecified atom stereocenters. The van der Waals surface area contributed by atoms with Gasteiger partial charge in [0.05, 0.1) is 0 Å². The summed E-state index contributed by atoms with van der Waals surface area (Å²) in [4.78, 5) is 0. The highest BCUT2D eigenvalue weighted by molar-refractivity contribution is 4.89. The van der Waals surface area contributed by atoms with Crippen LogP contribution in [0.15, 0.2) is 0 Å². The molecule has 0 bridgehead atoms. The van der Waals surface area contributed by atoms with Crippen LogP contribution < -0.4 is 5.73 Å². The second kappa shape index (κ2) is 2.54. The molecule has 1 nitrogen and oxygen atoms in total. The summed E-state index contributed by atoms with van der Waals surface area (Å²) in [6, 6.07) is 0. The maximum absolute atomic E-state index is 5.54. The van der Waals surface area contributed by atoms with Gasteiger partial charge in [-0.05, 0) is 36.6 Å².